The van der Waals surface area contributed by atoms with Crippen LogP contribution in [0.2, 0.25) is 0 Å². The van der Waals surface area contributed by atoms with Crippen molar-refractivity contribution >= 4 is 5.91 Å². The maximum absolute atomic E-state index is 12.7. The molecule has 6 heteroatoms. The van der Waals surface area contributed by atoms with Crippen LogP contribution in [-0.2, 0) is 31.2 Å². The summed E-state index contributed by atoms with van der Waals surface area (Å²) in [7, 11) is 1.72. The third-order valence-corrected chi connectivity index (χ3v) is 6.19. The highest BCUT2D eigenvalue weighted by Crippen LogP contribution is 2.26. The van der Waals surface area contributed by atoms with Crippen LogP contribution in [0, 0.1) is 0 Å². The Hall–Kier alpha value is -3.15. The third-order valence-electron chi connectivity index (χ3n) is 6.19. The summed E-state index contributed by atoms with van der Waals surface area (Å²) in [5.74, 6) is 1.28. The van der Waals surface area contributed by atoms with Gasteiger partial charge in [0.25, 0.3) is 0 Å². The Labute approximate surface area is 183 Å². The Morgan fingerprint density at radius 2 is 1.52 bits per heavy atom. The molecule has 31 heavy (non-hydrogen) atoms. The predicted octanol–water partition coefficient (Wildman–Crippen LogP) is 3.16. The first-order valence-electron chi connectivity index (χ1n) is 11.1. The third kappa shape index (κ3) is 5.13. The first-order chi connectivity index (χ1) is 15.1. The lowest BCUT2D eigenvalue weighted by atomic mass is 9.95. The van der Waals surface area contributed by atoms with Crippen molar-refractivity contribution in [2.75, 3.05) is 13.1 Å². The molecule has 2 heterocycles. The van der Waals surface area contributed by atoms with Crippen LogP contribution >= 0.6 is 0 Å². The highest BCUT2D eigenvalue weighted by atomic mass is 16.2. The number of hydrogen-bond acceptors (Lipinski definition) is 3. The van der Waals surface area contributed by atoms with Crippen molar-refractivity contribution < 1.29 is 4.79 Å². The molecular weight excluding hydrogens is 388 g/mol. The van der Waals surface area contributed by atoms with E-state index in [1.807, 2.05) is 45.9 Å². The zero-order valence-electron chi connectivity index (χ0n) is 18.1. The highest BCUT2D eigenvalue weighted by molar-refractivity contribution is 5.76. The maximum atomic E-state index is 12.7. The van der Waals surface area contributed by atoms with E-state index in [1.54, 1.807) is 7.05 Å². The molecule has 3 aromatic rings. The van der Waals surface area contributed by atoms with E-state index in [0.29, 0.717) is 13.0 Å². The van der Waals surface area contributed by atoms with Gasteiger partial charge >= 0.3 is 5.69 Å². The SMILES string of the molecule is Cn1nc(C2CCN(C(=O)CCc3ccccc3)CC2)n(CCc2ccccc2)c1=O. The lowest BCUT2D eigenvalue weighted by Gasteiger charge is -2.31. The Balaban J connectivity index is 1.35. The number of likely N-dealkylation sites (tertiary alicyclic amines) is 1. The van der Waals surface area contributed by atoms with Gasteiger partial charge in [0.2, 0.25) is 5.91 Å². The van der Waals surface area contributed by atoms with E-state index >= 15 is 0 Å². The quantitative estimate of drug-likeness (QED) is 0.592. The van der Waals surface area contributed by atoms with Crippen molar-refractivity contribution in [2.24, 2.45) is 7.05 Å². The number of amides is 1. The highest BCUT2D eigenvalue weighted by Gasteiger charge is 2.28. The molecule has 0 aliphatic carbocycles. The second-order valence-corrected chi connectivity index (χ2v) is 8.29. The average molecular weight is 419 g/mol. The zero-order valence-corrected chi connectivity index (χ0v) is 18.1. The summed E-state index contributed by atoms with van der Waals surface area (Å²) in [5, 5.41) is 4.56. The number of hydrogen-bond donors (Lipinski definition) is 0. The summed E-state index contributed by atoms with van der Waals surface area (Å²) >= 11 is 0. The molecule has 0 unspecified atom stereocenters. The smallest absolute Gasteiger partial charge is 0.343 e. The van der Waals surface area contributed by atoms with Gasteiger partial charge in [0, 0.05) is 39.0 Å². The van der Waals surface area contributed by atoms with Crippen LogP contribution in [-0.4, -0.2) is 38.2 Å². The fraction of sp³-hybridized carbons (Fsp3) is 0.400. The van der Waals surface area contributed by atoms with Gasteiger partial charge in [-0.15, -0.1) is 0 Å². The standard InChI is InChI=1S/C25H30N4O2/c1-27-25(31)29(19-14-21-10-6-3-7-11-21)24(26-27)22-15-17-28(18-16-22)23(30)13-12-20-8-4-2-5-9-20/h2-11,22H,12-19H2,1H3. The van der Waals surface area contributed by atoms with E-state index in [-0.39, 0.29) is 17.5 Å². The van der Waals surface area contributed by atoms with Crippen molar-refractivity contribution in [2.45, 2.75) is 44.6 Å². The van der Waals surface area contributed by atoms with Crippen molar-refractivity contribution in [3.63, 3.8) is 0 Å². The molecule has 6 nitrogen and oxygen atoms in total. The number of piperidine rings is 1. The average Bonchev–Trinajstić information content (AvgIpc) is 3.11. The van der Waals surface area contributed by atoms with Gasteiger partial charge in [-0.05, 0) is 36.8 Å². The van der Waals surface area contributed by atoms with Crippen molar-refractivity contribution in [1.29, 1.82) is 0 Å². The molecule has 1 saturated heterocycles. The molecule has 1 aliphatic heterocycles. The monoisotopic (exact) mass is 418 g/mol. The van der Waals surface area contributed by atoms with Gasteiger partial charge in [-0.3, -0.25) is 9.36 Å². The number of rotatable bonds is 7. The first-order valence-corrected chi connectivity index (χ1v) is 11.1. The van der Waals surface area contributed by atoms with Crippen LogP contribution in [0.1, 0.15) is 42.1 Å². The van der Waals surface area contributed by atoms with Crippen LogP contribution in [0.4, 0.5) is 0 Å². The largest absolute Gasteiger partial charge is 0.345 e. The molecule has 4 rings (SSSR count). The van der Waals surface area contributed by atoms with Crippen molar-refractivity contribution in [3.05, 3.63) is 88.1 Å². The van der Waals surface area contributed by atoms with E-state index in [0.717, 1.165) is 44.6 Å². The molecule has 1 fully saturated rings. The van der Waals surface area contributed by atoms with Crippen molar-refractivity contribution in [1.82, 2.24) is 19.2 Å². The molecule has 0 N–H and O–H groups in total. The van der Waals surface area contributed by atoms with E-state index in [2.05, 4.69) is 29.4 Å². The van der Waals surface area contributed by atoms with E-state index < -0.39 is 0 Å². The lowest BCUT2D eigenvalue weighted by molar-refractivity contribution is -0.132. The minimum atomic E-state index is -0.0627. The topological polar surface area (TPSA) is 60.1 Å². The number of benzene rings is 2. The van der Waals surface area contributed by atoms with E-state index in [4.69, 9.17) is 0 Å². The lowest BCUT2D eigenvalue weighted by Crippen LogP contribution is -2.38. The molecule has 0 saturated carbocycles. The Kier molecular flexibility index (Phi) is 6.65. The zero-order chi connectivity index (χ0) is 21.6. The van der Waals surface area contributed by atoms with E-state index in [9.17, 15) is 9.59 Å². The number of nitrogens with zero attached hydrogens (tertiary/aromatic N) is 4. The van der Waals surface area contributed by atoms with Crippen LogP contribution in [0.5, 0.6) is 0 Å². The summed E-state index contributed by atoms with van der Waals surface area (Å²) in [6.07, 6.45) is 3.81. The van der Waals surface area contributed by atoms with Crippen LogP contribution < -0.4 is 5.69 Å². The van der Waals surface area contributed by atoms with Gasteiger partial charge in [-0.25, -0.2) is 9.48 Å². The summed E-state index contributed by atoms with van der Waals surface area (Å²) in [5.41, 5.74) is 2.34. The normalized spacial score (nSPS) is 14.7. The second kappa shape index (κ2) is 9.77. The summed E-state index contributed by atoms with van der Waals surface area (Å²) < 4.78 is 3.27. The van der Waals surface area contributed by atoms with Gasteiger partial charge in [-0.2, -0.15) is 5.10 Å². The number of aromatic nitrogens is 3. The van der Waals surface area contributed by atoms with Crippen molar-refractivity contribution in [3.8, 4) is 0 Å². The van der Waals surface area contributed by atoms with E-state index in [1.165, 1.54) is 15.8 Å². The maximum Gasteiger partial charge on any atom is 0.345 e. The van der Waals surface area contributed by atoms with Crippen LogP contribution in [0.3, 0.4) is 0 Å². The summed E-state index contributed by atoms with van der Waals surface area (Å²) in [6.45, 7) is 2.08. The molecule has 1 amide bonds. The number of carbonyl (C=O) groups excluding carboxylic acids is 1. The number of aryl methyl sites for hydroxylation is 3. The molecule has 0 atom stereocenters. The van der Waals surface area contributed by atoms with Gasteiger partial charge in [0.1, 0.15) is 5.82 Å². The molecule has 1 aromatic heterocycles. The van der Waals surface area contributed by atoms with Gasteiger partial charge in [-0.1, -0.05) is 60.7 Å². The second-order valence-electron chi connectivity index (χ2n) is 8.29. The first kappa shape index (κ1) is 21.1. The van der Waals surface area contributed by atoms with Gasteiger partial charge in [0.05, 0.1) is 0 Å². The Morgan fingerprint density at radius 1 is 0.935 bits per heavy atom. The molecule has 0 radical (unpaired) electrons. The van der Waals surface area contributed by atoms with Gasteiger partial charge in [0.15, 0.2) is 0 Å². The minimum Gasteiger partial charge on any atom is -0.343 e. The summed E-state index contributed by atoms with van der Waals surface area (Å²) in [6, 6.07) is 20.4. The molecule has 162 valence electrons. The fourth-order valence-electron chi connectivity index (χ4n) is 4.36. The van der Waals surface area contributed by atoms with Crippen LogP contribution in [0.15, 0.2) is 65.5 Å². The summed E-state index contributed by atoms with van der Waals surface area (Å²) in [4.78, 5) is 27.3. The Bertz CT molecular complexity index is 1050. The Morgan fingerprint density at radius 3 is 2.13 bits per heavy atom. The molecule has 0 spiro atoms. The predicted molar refractivity (Wildman–Crippen MR) is 121 cm³/mol. The van der Waals surface area contributed by atoms with Gasteiger partial charge < -0.3 is 4.90 Å². The fourth-order valence-corrected chi connectivity index (χ4v) is 4.36. The molecule has 1 aliphatic rings. The molecule has 0 bridgehead atoms. The minimum absolute atomic E-state index is 0.0627. The number of carbonyl (C=O) groups is 1. The molecular formula is C25H30N4O2. The van der Waals surface area contributed by atoms with Crippen LogP contribution in [0.25, 0.3) is 0 Å². The molecule has 2 aromatic carbocycles.